The molecule has 0 amide bonds. The highest BCUT2D eigenvalue weighted by Gasteiger charge is 2.11. The van der Waals surface area contributed by atoms with Gasteiger partial charge in [-0.05, 0) is 17.5 Å². The van der Waals surface area contributed by atoms with Gasteiger partial charge in [-0.1, -0.05) is 25.4 Å². The maximum atomic E-state index is 12.4. The zero-order valence-electron chi connectivity index (χ0n) is 11.1. The molecule has 0 fully saturated rings. The second kappa shape index (κ2) is 6.17. The summed E-state index contributed by atoms with van der Waals surface area (Å²) in [6, 6.07) is 3.43. The van der Waals surface area contributed by atoms with Gasteiger partial charge in [-0.25, -0.2) is 18.4 Å². The topological polar surface area (TPSA) is 42.7 Å². The molecular weight excluding hydrogens is 286 g/mol. The molecule has 0 aliphatic heterocycles. The standard InChI is InChI=1S/C13H15ClF2N4/c1-8(2)9-5-12(17-6-10(9)14)19-13-3-4-18-20(13)7-11(15)16/h3-6,8,11H,7H2,1-2H3,(H,17,19). The first-order valence-electron chi connectivity index (χ1n) is 6.19. The third kappa shape index (κ3) is 3.45. The van der Waals surface area contributed by atoms with Crippen molar-refractivity contribution in [2.24, 2.45) is 0 Å². The van der Waals surface area contributed by atoms with Crippen LogP contribution in [0.2, 0.25) is 5.02 Å². The van der Waals surface area contributed by atoms with Gasteiger partial charge in [0, 0.05) is 12.3 Å². The molecule has 0 saturated heterocycles. The predicted octanol–water partition coefficient (Wildman–Crippen LogP) is 4.06. The molecule has 2 heterocycles. The van der Waals surface area contributed by atoms with Gasteiger partial charge < -0.3 is 5.32 Å². The van der Waals surface area contributed by atoms with E-state index in [0.717, 1.165) is 5.56 Å². The van der Waals surface area contributed by atoms with E-state index in [1.54, 1.807) is 12.3 Å². The zero-order valence-corrected chi connectivity index (χ0v) is 11.9. The molecule has 0 spiro atoms. The van der Waals surface area contributed by atoms with Crippen LogP contribution < -0.4 is 5.32 Å². The molecule has 2 aromatic heterocycles. The van der Waals surface area contributed by atoms with E-state index in [-0.39, 0.29) is 5.92 Å². The van der Waals surface area contributed by atoms with Gasteiger partial charge in [0.1, 0.15) is 18.2 Å². The molecule has 4 nitrogen and oxygen atoms in total. The average Bonchev–Trinajstić information content (AvgIpc) is 2.78. The van der Waals surface area contributed by atoms with Crippen molar-refractivity contribution in [2.75, 3.05) is 5.32 Å². The molecule has 0 aliphatic rings. The minimum atomic E-state index is -2.46. The molecule has 2 rings (SSSR count). The summed E-state index contributed by atoms with van der Waals surface area (Å²) in [6.45, 7) is 3.58. The van der Waals surface area contributed by atoms with Gasteiger partial charge in [0.05, 0.1) is 11.2 Å². The third-order valence-electron chi connectivity index (χ3n) is 2.79. The molecule has 0 aromatic carbocycles. The Morgan fingerprint density at radius 3 is 2.80 bits per heavy atom. The van der Waals surface area contributed by atoms with E-state index in [2.05, 4.69) is 15.4 Å². The van der Waals surface area contributed by atoms with E-state index in [1.807, 2.05) is 19.9 Å². The highest BCUT2D eigenvalue weighted by molar-refractivity contribution is 6.31. The van der Waals surface area contributed by atoms with Crippen LogP contribution in [0.3, 0.4) is 0 Å². The Kier molecular flexibility index (Phi) is 4.54. The van der Waals surface area contributed by atoms with Crippen molar-refractivity contribution in [1.82, 2.24) is 14.8 Å². The van der Waals surface area contributed by atoms with Crippen molar-refractivity contribution in [1.29, 1.82) is 0 Å². The fourth-order valence-electron chi connectivity index (χ4n) is 1.81. The van der Waals surface area contributed by atoms with Crippen LogP contribution in [0.1, 0.15) is 25.3 Å². The van der Waals surface area contributed by atoms with Gasteiger partial charge in [0.15, 0.2) is 0 Å². The van der Waals surface area contributed by atoms with Crippen LogP contribution in [0, 0.1) is 0 Å². The van der Waals surface area contributed by atoms with E-state index in [4.69, 9.17) is 11.6 Å². The van der Waals surface area contributed by atoms with Gasteiger partial charge in [0.2, 0.25) is 0 Å². The first-order chi connectivity index (χ1) is 9.47. The maximum Gasteiger partial charge on any atom is 0.258 e. The van der Waals surface area contributed by atoms with Crippen LogP contribution in [0.15, 0.2) is 24.5 Å². The summed E-state index contributed by atoms with van der Waals surface area (Å²) in [6.07, 6.45) is 0.552. The van der Waals surface area contributed by atoms with E-state index in [9.17, 15) is 8.78 Å². The van der Waals surface area contributed by atoms with Crippen molar-refractivity contribution in [2.45, 2.75) is 32.7 Å². The normalized spacial score (nSPS) is 11.3. The maximum absolute atomic E-state index is 12.4. The highest BCUT2D eigenvalue weighted by atomic mass is 35.5. The first kappa shape index (κ1) is 14.7. The van der Waals surface area contributed by atoms with Gasteiger partial charge in [-0.2, -0.15) is 5.10 Å². The molecule has 0 bridgehead atoms. The lowest BCUT2D eigenvalue weighted by molar-refractivity contribution is 0.122. The van der Waals surface area contributed by atoms with Gasteiger partial charge in [-0.15, -0.1) is 0 Å². The second-order valence-corrected chi connectivity index (χ2v) is 5.07. The lowest BCUT2D eigenvalue weighted by atomic mass is 10.1. The Morgan fingerprint density at radius 1 is 1.40 bits per heavy atom. The van der Waals surface area contributed by atoms with E-state index in [0.29, 0.717) is 16.7 Å². The number of hydrogen-bond donors (Lipinski definition) is 1. The molecule has 0 atom stereocenters. The lowest BCUT2D eigenvalue weighted by Gasteiger charge is -2.12. The fraction of sp³-hybridized carbons (Fsp3) is 0.385. The summed E-state index contributed by atoms with van der Waals surface area (Å²) in [5.74, 6) is 1.26. The summed E-state index contributed by atoms with van der Waals surface area (Å²) >= 11 is 6.07. The van der Waals surface area contributed by atoms with Crippen molar-refractivity contribution in [3.05, 3.63) is 35.1 Å². The first-order valence-corrected chi connectivity index (χ1v) is 6.57. The fourth-order valence-corrected chi connectivity index (χ4v) is 2.13. The summed E-state index contributed by atoms with van der Waals surface area (Å²) in [5, 5.41) is 7.42. The Hall–Kier alpha value is -1.69. The van der Waals surface area contributed by atoms with Crippen molar-refractivity contribution >= 4 is 23.2 Å². The molecule has 0 radical (unpaired) electrons. The van der Waals surface area contributed by atoms with Crippen LogP contribution >= 0.6 is 11.6 Å². The van der Waals surface area contributed by atoms with Crippen molar-refractivity contribution in [3.63, 3.8) is 0 Å². The van der Waals surface area contributed by atoms with Crippen LogP contribution in [0.5, 0.6) is 0 Å². The third-order valence-corrected chi connectivity index (χ3v) is 3.11. The molecule has 2 aromatic rings. The average molecular weight is 301 g/mol. The highest BCUT2D eigenvalue weighted by Crippen LogP contribution is 2.26. The molecule has 0 aliphatic carbocycles. The Morgan fingerprint density at radius 2 is 2.15 bits per heavy atom. The molecule has 1 N–H and O–H groups in total. The van der Waals surface area contributed by atoms with Crippen molar-refractivity contribution in [3.8, 4) is 0 Å². The monoisotopic (exact) mass is 300 g/mol. The number of halogens is 3. The number of aromatic nitrogens is 3. The number of anilines is 2. The van der Waals surface area contributed by atoms with Gasteiger partial charge in [-0.3, -0.25) is 0 Å². The number of rotatable bonds is 5. The predicted molar refractivity (Wildman–Crippen MR) is 74.8 cm³/mol. The summed E-state index contributed by atoms with van der Waals surface area (Å²) in [7, 11) is 0. The van der Waals surface area contributed by atoms with Crippen LogP contribution in [0.4, 0.5) is 20.4 Å². The zero-order chi connectivity index (χ0) is 14.7. The Labute approximate surface area is 120 Å². The number of pyridine rings is 1. The van der Waals surface area contributed by atoms with E-state index < -0.39 is 13.0 Å². The number of nitrogens with one attached hydrogen (secondary N) is 1. The van der Waals surface area contributed by atoms with Crippen molar-refractivity contribution < 1.29 is 8.78 Å². The number of hydrogen-bond acceptors (Lipinski definition) is 3. The SMILES string of the molecule is CC(C)c1cc(Nc2ccnn2CC(F)F)ncc1Cl. The quantitative estimate of drug-likeness (QED) is 0.905. The Balaban J connectivity index is 2.22. The van der Waals surface area contributed by atoms with Crippen LogP contribution in [-0.4, -0.2) is 21.2 Å². The molecule has 20 heavy (non-hydrogen) atoms. The molecule has 7 heteroatoms. The second-order valence-electron chi connectivity index (χ2n) is 4.66. The lowest BCUT2D eigenvalue weighted by Crippen LogP contribution is -2.11. The van der Waals surface area contributed by atoms with Gasteiger partial charge in [0.25, 0.3) is 6.43 Å². The number of nitrogens with zero attached hydrogens (tertiary/aromatic N) is 3. The minimum Gasteiger partial charge on any atom is -0.325 e. The smallest absolute Gasteiger partial charge is 0.258 e. The minimum absolute atomic E-state index is 0.247. The van der Waals surface area contributed by atoms with E-state index in [1.165, 1.54) is 10.9 Å². The number of alkyl halides is 2. The summed E-state index contributed by atoms with van der Waals surface area (Å²) in [5.41, 5.74) is 0.948. The van der Waals surface area contributed by atoms with Crippen LogP contribution in [0.25, 0.3) is 0 Å². The summed E-state index contributed by atoms with van der Waals surface area (Å²) in [4.78, 5) is 4.14. The Bertz CT molecular complexity index is 584. The molecule has 0 unspecified atom stereocenters. The van der Waals surface area contributed by atoms with E-state index >= 15 is 0 Å². The van der Waals surface area contributed by atoms with Gasteiger partial charge >= 0.3 is 0 Å². The van der Waals surface area contributed by atoms with Crippen LogP contribution in [-0.2, 0) is 6.54 Å². The largest absolute Gasteiger partial charge is 0.325 e. The molecule has 0 saturated carbocycles. The molecular formula is C13H15ClF2N4. The molecule has 108 valence electrons. The summed E-state index contributed by atoms with van der Waals surface area (Å²) < 4.78 is 26.0.